The van der Waals surface area contributed by atoms with E-state index in [2.05, 4.69) is 15.0 Å². The zero-order valence-electron chi connectivity index (χ0n) is 20.4. The molecule has 7 nitrogen and oxygen atoms in total. The van der Waals surface area contributed by atoms with Gasteiger partial charge in [-0.1, -0.05) is 23.2 Å². The molecule has 0 spiro atoms. The van der Waals surface area contributed by atoms with Crippen molar-refractivity contribution in [3.05, 3.63) is 63.5 Å². The third-order valence-corrected chi connectivity index (χ3v) is 8.50. The number of likely N-dealkylation sites (tertiary alicyclic amines) is 1. The molecule has 6 rings (SSSR count). The summed E-state index contributed by atoms with van der Waals surface area (Å²) in [5.74, 6) is -0.0102. The molecule has 0 bridgehead atoms. The molecule has 2 fully saturated rings. The lowest BCUT2D eigenvalue weighted by molar-refractivity contribution is -0.133. The van der Waals surface area contributed by atoms with Crippen molar-refractivity contribution in [3.63, 3.8) is 0 Å². The molecule has 3 aromatic rings. The summed E-state index contributed by atoms with van der Waals surface area (Å²) in [5.41, 5.74) is 3.87. The van der Waals surface area contributed by atoms with Crippen LogP contribution in [0.2, 0.25) is 10.0 Å². The summed E-state index contributed by atoms with van der Waals surface area (Å²) in [4.78, 5) is 29.1. The van der Waals surface area contributed by atoms with Crippen molar-refractivity contribution >= 4 is 34.9 Å². The minimum Gasteiger partial charge on any atom is -0.378 e. The molecule has 1 aromatic carbocycles. The van der Waals surface area contributed by atoms with Gasteiger partial charge in [0.25, 0.3) is 0 Å². The molecule has 3 aliphatic rings. The summed E-state index contributed by atoms with van der Waals surface area (Å²) in [7, 11) is 0. The number of carbonyl (C=O) groups excluding carboxylic acids is 1. The van der Waals surface area contributed by atoms with Crippen LogP contribution in [0.1, 0.15) is 29.8 Å². The van der Waals surface area contributed by atoms with Gasteiger partial charge in [-0.15, -0.1) is 0 Å². The fourth-order valence-electron chi connectivity index (χ4n) is 5.77. The minimum absolute atomic E-state index is 0.147. The average Bonchev–Trinajstić information content (AvgIpc) is 3.52. The maximum absolute atomic E-state index is 15.0. The highest BCUT2D eigenvalue weighted by molar-refractivity contribution is 6.36. The van der Waals surface area contributed by atoms with Crippen LogP contribution in [0.3, 0.4) is 0 Å². The van der Waals surface area contributed by atoms with Crippen LogP contribution in [0.4, 0.5) is 10.2 Å². The Hall–Kier alpha value is -2.68. The number of nitrogens with zero attached hydrogens (tertiary/aromatic N) is 4. The van der Waals surface area contributed by atoms with Gasteiger partial charge in [0, 0.05) is 59.3 Å². The van der Waals surface area contributed by atoms with Gasteiger partial charge in [0.2, 0.25) is 11.9 Å². The number of amides is 1. The molecular formula is C27H28Cl2FN5O2. The number of aromatic amines is 1. The Morgan fingerprint density at radius 3 is 2.65 bits per heavy atom. The van der Waals surface area contributed by atoms with E-state index in [-0.39, 0.29) is 17.9 Å². The molecule has 0 radical (unpaired) electrons. The zero-order chi connectivity index (χ0) is 25.5. The van der Waals surface area contributed by atoms with Crippen molar-refractivity contribution in [1.29, 1.82) is 0 Å². The molecule has 37 heavy (non-hydrogen) atoms. The van der Waals surface area contributed by atoms with Crippen LogP contribution in [0.25, 0.3) is 11.1 Å². The van der Waals surface area contributed by atoms with Crippen molar-refractivity contribution in [2.24, 2.45) is 5.92 Å². The van der Waals surface area contributed by atoms with Gasteiger partial charge in [-0.3, -0.25) is 4.79 Å². The van der Waals surface area contributed by atoms with E-state index in [0.717, 1.165) is 43.5 Å². The Labute approximate surface area is 224 Å². The highest BCUT2D eigenvalue weighted by atomic mass is 35.5. The van der Waals surface area contributed by atoms with E-state index in [1.54, 1.807) is 24.5 Å². The van der Waals surface area contributed by atoms with Crippen LogP contribution in [0.15, 0.2) is 30.6 Å². The number of halogens is 3. The highest BCUT2D eigenvalue weighted by Gasteiger charge is 2.38. The van der Waals surface area contributed by atoms with Gasteiger partial charge in [-0.25, -0.2) is 9.97 Å². The number of hydrogen-bond acceptors (Lipinski definition) is 5. The average molecular weight is 544 g/mol. The van der Waals surface area contributed by atoms with Gasteiger partial charge in [-0.2, -0.15) is 4.39 Å². The predicted octanol–water partition coefficient (Wildman–Crippen LogP) is 4.70. The number of H-pyrrole nitrogens is 1. The van der Waals surface area contributed by atoms with E-state index < -0.39 is 5.95 Å². The molecule has 1 aliphatic carbocycles. The molecule has 2 saturated heterocycles. The summed E-state index contributed by atoms with van der Waals surface area (Å²) in [6.45, 7) is 3.30. The first-order valence-electron chi connectivity index (χ1n) is 12.8. The van der Waals surface area contributed by atoms with Crippen molar-refractivity contribution in [1.82, 2.24) is 19.9 Å². The number of morpholine rings is 1. The lowest BCUT2D eigenvalue weighted by Crippen LogP contribution is -2.41. The van der Waals surface area contributed by atoms with Crippen molar-refractivity contribution in [3.8, 4) is 11.1 Å². The van der Waals surface area contributed by atoms with Gasteiger partial charge in [-0.05, 0) is 61.1 Å². The van der Waals surface area contributed by atoms with Crippen LogP contribution in [0, 0.1) is 11.9 Å². The third-order valence-electron chi connectivity index (χ3n) is 7.83. The van der Waals surface area contributed by atoms with Crippen molar-refractivity contribution in [2.75, 3.05) is 37.7 Å². The maximum atomic E-state index is 15.0. The lowest BCUT2D eigenvalue weighted by Gasteiger charge is -2.31. The summed E-state index contributed by atoms with van der Waals surface area (Å²) in [6.07, 6.45) is 5.59. The fraction of sp³-hybridized carbons (Fsp3) is 0.444. The molecule has 1 N–H and O–H groups in total. The van der Waals surface area contributed by atoms with E-state index in [9.17, 15) is 4.79 Å². The lowest BCUT2D eigenvalue weighted by atomic mass is 9.94. The fourth-order valence-corrected chi connectivity index (χ4v) is 6.41. The molecule has 4 heterocycles. The molecule has 0 saturated carbocycles. The summed E-state index contributed by atoms with van der Waals surface area (Å²) in [5, 5.41) is 0.869. The van der Waals surface area contributed by atoms with Crippen LogP contribution < -0.4 is 4.90 Å². The molecule has 10 heteroatoms. The Bertz CT molecular complexity index is 1300. The van der Waals surface area contributed by atoms with E-state index in [1.807, 2.05) is 15.9 Å². The second-order valence-corrected chi connectivity index (χ2v) is 10.8. The molecule has 194 valence electrons. The number of rotatable bonds is 5. The number of fused-ring (bicyclic) bond motifs is 1. The predicted molar refractivity (Wildman–Crippen MR) is 141 cm³/mol. The minimum atomic E-state index is -0.571. The number of aromatic nitrogens is 3. The van der Waals surface area contributed by atoms with Crippen LogP contribution in [-0.2, 0) is 28.8 Å². The van der Waals surface area contributed by atoms with E-state index in [0.29, 0.717) is 59.7 Å². The number of anilines is 1. The summed E-state index contributed by atoms with van der Waals surface area (Å²) >= 11 is 13.3. The van der Waals surface area contributed by atoms with Crippen LogP contribution in [0.5, 0.6) is 0 Å². The molecule has 1 amide bonds. The van der Waals surface area contributed by atoms with Gasteiger partial charge >= 0.3 is 0 Å². The number of aryl methyl sites for hydroxylation is 1. The number of nitrogens with one attached hydrogen (secondary N) is 1. The quantitative estimate of drug-likeness (QED) is 0.472. The van der Waals surface area contributed by atoms with E-state index >= 15 is 4.39 Å². The molecule has 2 atom stereocenters. The third kappa shape index (κ3) is 4.82. The van der Waals surface area contributed by atoms with Crippen molar-refractivity contribution < 1.29 is 13.9 Å². The normalized spacial score (nSPS) is 22.0. The zero-order valence-corrected chi connectivity index (χ0v) is 21.9. The van der Waals surface area contributed by atoms with Gasteiger partial charge in [0.05, 0.1) is 25.2 Å². The number of hydrogen-bond donors (Lipinski definition) is 1. The molecule has 2 unspecified atom stereocenters. The Kier molecular flexibility index (Phi) is 6.82. The smallest absolute Gasteiger partial charge is 0.226 e. The van der Waals surface area contributed by atoms with Crippen LogP contribution >= 0.6 is 23.2 Å². The van der Waals surface area contributed by atoms with E-state index in [4.69, 9.17) is 27.9 Å². The molecular weight excluding hydrogens is 516 g/mol. The summed E-state index contributed by atoms with van der Waals surface area (Å²) < 4.78 is 20.4. The first kappa shape index (κ1) is 24.6. The van der Waals surface area contributed by atoms with E-state index in [1.165, 1.54) is 5.69 Å². The number of imidazole rings is 1. The Morgan fingerprint density at radius 2 is 1.89 bits per heavy atom. The largest absolute Gasteiger partial charge is 0.378 e. The molecule has 2 aliphatic heterocycles. The molecule has 2 aromatic heterocycles. The Balaban J connectivity index is 1.16. The standard InChI is InChI=1S/C27H28Cl2FN5O2/c28-21-12-17(19-2-4-25(33-26(19)30)34-7-9-37-10-8-34)13-22(29)20(21)11-16-5-6-35(27(16)36)18-1-3-23-24(14-18)32-15-31-23/h2,4,12-13,15-16,18H,1,3,5-11,14H2,(H,31,32). The highest BCUT2D eigenvalue weighted by Crippen LogP contribution is 2.37. The number of ether oxygens (including phenoxy) is 1. The first-order valence-corrected chi connectivity index (χ1v) is 13.5. The topological polar surface area (TPSA) is 74.4 Å². The van der Waals surface area contributed by atoms with Gasteiger partial charge in [0.15, 0.2) is 0 Å². The second-order valence-electron chi connectivity index (χ2n) is 9.97. The van der Waals surface area contributed by atoms with Crippen LogP contribution in [-0.4, -0.2) is 64.6 Å². The second kappa shape index (κ2) is 10.2. The van der Waals surface area contributed by atoms with Gasteiger partial charge in [0.1, 0.15) is 5.82 Å². The first-order chi connectivity index (χ1) is 18.0. The number of carbonyl (C=O) groups is 1. The maximum Gasteiger partial charge on any atom is 0.226 e. The number of benzene rings is 1. The van der Waals surface area contributed by atoms with Crippen molar-refractivity contribution in [2.45, 2.75) is 38.1 Å². The monoisotopic (exact) mass is 543 g/mol. The van der Waals surface area contributed by atoms with Gasteiger partial charge < -0.3 is 19.5 Å². The summed E-state index contributed by atoms with van der Waals surface area (Å²) in [6, 6.07) is 7.13. The Morgan fingerprint density at radius 1 is 1.11 bits per heavy atom. The SMILES string of the molecule is O=C1C(Cc2c(Cl)cc(-c3ccc(N4CCOCC4)nc3F)cc2Cl)CCN1C1CCc2[nH]cnc2C1. The number of pyridine rings is 1.